The SMILES string of the molecule is CC[C@@H](C(=O)NC(C)(C)C)N(Cc1c(Cl)cccc1Cl)C(=O)CCCN1C(=O)c2ccccc2S1(=O)=O. The molecule has 0 fully saturated rings. The van der Waals surface area contributed by atoms with Crippen molar-refractivity contribution >= 4 is 50.9 Å². The van der Waals surface area contributed by atoms with Crippen LogP contribution in [0.15, 0.2) is 47.4 Å². The van der Waals surface area contributed by atoms with E-state index in [1.165, 1.54) is 17.0 Å². The minimum Gasteiger partial charge on any atom is -0.350 e. The van der Waals surface area contributed by atoms with Gasteiger partial charge in [0.05, 0.1) is 5.56 Å². The fourth-order valence-corrected chi connectivity index (χ4v) is 6.32. The molecule has 1 N–H and O–H groups in total. The molecule has 2 aromatic carbocycles. The molecule has 0 saturated carbocycles. The zero-order valence-corrected chi connectivity index (χ0v) is 23.6. The molecule has 0 spiro atoms. The molecule has 37 heavy (non-hydrogen) atoms. The van der Waals surface area contributed by atoms with Crippen molar-refractivity contribution in [3.05, 3.63) is 63.6 Å². The number of rotatable bonds is 9. The van der Waals surface area contributed by atoms with E-state index in [2.05, 4.69) is 5.32 Å². The maximum absolute atomic E-state index is 13.5. The van der Waals surface area contributed by atoms with Crippen LogP contribution in [0.25, 0.3) is 0 Å². The Bertz CT molecular complexity index is 1290. The third-order valence-electron chi connectivity index (χ3n) is 5.94. The Balaban J connectivity index is 1.81. The Morgan fingerprint density at radius 1 is 1.05 bits per heavy atom. The van der Waals surface area contributed by atoms with Gasteiger partial charge in [0.1, 0.15) is 10.9 Å². The van der Waals surface area contributed by atoms with E-state index >= 15 is 0 Å². The number of nitrogens with zero attached hydrogens (tertiary/aromatic N) is 2. The van der Waals surface area contributed by atoms with Crippen LogP contribution in [0.5, 0.6) is 0 Å². The van der Waals surface area contributed by atoms with Crippen molar-refractivity contribution in [2.45, 2.75) is 70.0 Å². The van der Waals surface area contributed by atoms with Crippen LogP contribution in [0, 0.1) is 0 Å². The molecule has 0 aliphatic carbocycles. The van der Waals surface area contributed by atoms with Gasteiger partial charge < -0.3 is 10.2 Å². The predicted molar refractivity (Wildman–Crippen MR) is 143 cm³/mol. The van der Waals surface area contributed by atoms with Gasteiger partial charge in [-0.3, -0.25) is 14.4 Å². The topological polar surface area (TPSA) is 104 Å². The molecule has 1 atom stereocenters. The van der Waals surface area contributed by atoms with Crippen LogP contribution in [0.2, 0.25) is 10.0 Å². The van der Waals surface area contributed by atoms with Crippen molar-refractivity contribution in [1.29, 1.82) is 0 Å². The van der Waals surface area contributed by atoms with E-state index in [0.717, 1.165) is 4.31 Å². The lowest BCUT2D eigenvalue weighted by atomic mass is 10.0. The van der Waals surface area contributed by atoms with Crippen molar-refractivity contribution in [2.24, 2.45) is 0 Å². The van der Waals surface area contributed by atoms with Gasteiger partial charge in [-0.15, -0.1) is 0 Å². The number of hydrogen-bond acceptors (Lipinski definition) is 5. The van der Waals surface area contributed by atoms with Crippen LogP contribution in [-0.2, 0) is 26.2 Å². The molecular weight excluding hydrogens is 537 g/mol. The number of nitrogens with one attached hydrogen (secondary N) is 1. The minimum atomic E-state index is -3.97. The molecule has 1 aliphatic heterocycles. The highest BCUT2D eigenvalue weighted by Crippen LogP contribution is 2.31. The summed E-state index contributed by atoms with van der Waals surface area (Å²) in [6.45, 7) is 7.18. The van der Waals surface area contributed by atoms with E-state index in [1.54, 1.807) is 37.3 Å². The number of hydrogen-bond donors (Lipinski definition) is 1. The normalized spacial score (nSPS) is 15.3. The van der Waals surface area contributed by atoms with Crippen molar-refractivity contribution in [1.82, 2.24) is 14.5 Å². The number of sulfonamides is 1. The lowest BCUT2D eigenvalue weighted by Crippen LogP contribution is -2.53. The summed E-state index contributed by atoms with van der Waals surface area (Å²) >= 11 is 12.7. The van der Waals surface area contributed by atoms with Gasteiger partial charge in [0.25, 0.3) is 15.9 Å². The van der Waals surface area contributed by atoms with E-state index < -0.39 is 27.5 Å². The molecule has 0 bridgehead atoms. The zero-order valence-electron chi connectivity index (χ0n) is 21.3. The quantitative estimate of drug-likeness (QED) is 0.475. The van der Waals surface area contributed by atoms with E-state index in [-0.39, 0.29) is 48.2 Å². The van der Waals surface area contributed by atoms with Crippen molar-refractivity contribution in [2.75, 3.05) is 6.54 Å². The number of carbonyl (C=O) groups is 3. The fraction of sp³-hybridized carbons (Fsp3) is 0.423. The molecule has 11 heteroatoms. The molecule has 200 valence electrons. The van der Waals surface area contributed by atoms with Crippen molar-refractivity contribution in [3.63, 3.8) is 0 Å². The monoisotopic (exact) mass is 567 g/mol. The highest BCUT2D eigenvalue weighted by atomic mass is 35.5. The average molecular weight is 569 g/mol. The Morgan fingerprint density at radius 3 is 2.24 bits per heavy atom. The second-order valence-electron chi connectivity index (χ2n) is 9.87. The summed E-state index contributed by atoms with van der Waals surface area (Å²) in [4.78, 5) is 40.7. The van der Waals surface area contributed by atoms with Gasteiger partial charge in [0.2, 0.25) is 11.8 Å². The van der Waals surface area contributed by atoms with E-state index in [9.17, 15) is 22.8 Å². The van der Waals surface area contributed by atoms with E-state index in [4.69, 9.17) is 23.2 Å². The first-order chi connectivity index (χ1) is 17.3. The van der Waals surface area contributed by atoms with Crippen LogP contribution in [0.4, 0.5) is 0 Å². The van der Waals surface area contributed by atoms with Crippen molar-refractivity contribution in [3.8, 4) is 0 Å². The summed E-state index contributed by atoms with van der Waals surface area (Å²) in [5.41, 5.74) is 0.114. The molecule has 3 amide bonds. The first kappa shape index (κ1) is 28.9. The zero-order chi connectivity index (χ0) is 27.5. The van der Waals surface area contributed by atoms with Crippen LogP contribution < -0.4 is 5.32 Å². The van der Waals surface area contributed by atoms with Gasteiger partial charge in [0.15, 0.2) is 0 Å². The molecule has 0 saturated heterocycles. The largest absolute Gasteiger partial charge is 0.350 e. The second kappa shape index (κ2) is 11.4. The smallest absolute Gasteiger partial charge is 0.269 e. The maximum atomic E-state index is 13.5. The van der Waals surface area contributed by atoms with Gasteiger partial charge in [0, 0.05) is 40.7 Å². The summed E-state index contributed by atoms with van der Waals surface area (Å²) < 4.78 is 26.4. The molecular formula is C26H31Cl2N3O5S. The Labute approximate surface area is 228 Å². The summed E-state index contributed by atoms with van der Waals surface area (Å²) in [6.07, 6.45) is 0.336. The molecule has 2 aromatic rings. The first-order valence-corrected chi connectivity index (χ1v) is 14.2. The Morgan fingerprint density at radius 2 is 1.68 bits per heavy atom. The highest BCUT2D eigenvalue weighted by Gasteiger charge is 2.40. The number of amides is 3. The summed E-state index contributed by atoms with van der Waals surface area (Å²) in [7, 11) is -3.97. The summed E-state index contributed by atoms with van der Waals surface area (Å²) in [5.74, 6) is -1.31. The third-order valence-corrected chi connectivity index (χ3v) is 8.49. The molecule has 3 rings (SSSR count). The predicted octanol–water partition coefficient (Wildman–Crippen LogP) is 4.64. The van der Waals surface area contributed by atoms with Gasteiger partial charge >= 0.3 is 0 Å². The molecule has 1 heterocycles. The highest BCUT2D eigenvalue weighted by molar-refractivity contribution is 7.90. The summed E-state index contributed by atoms with van der Waals surface area (Å²) in [6, 6.07) is 10.2. The number of carbonyl (C=O) groups excluding carboxylic acids is 3. The second-order valence-corrected chi connectivity index (χ2v) is 12.5. The first-order valence-electron chi connectivity index (χ1n) is 12.0. The van der Waals surface area contributed by atoms with Crippen LogP contribution in [0.3, 0.4) is 0 Å². The lowest BCUT2D eigenvalue weighted by Gasteiger charge is -2.33. The minimum absolute atomic E-state index is 0.000204. The Kier molecular flexibility index (Phi) is 8.93. The molecule has 1 aliphatic rings. The maximum Gasteiger partial charge on any atom is 0.269 e. The molecule has 0 unspecified atom stereocenters. The molecule has 0 radical (unpaired) electrons. The number of halogens is 2. The van der Waals surface area contributed by atoms with E-state index in [0.29, 0.717) is 22.0 Å². The standard InChI is InChI=1S/C26H31Cl2N3O5S/c1-5-21(24(33)29-26(2,3)4)30(16-18-19(27)11-8-12-20(18)28)23(32)14-9-15-31-25(34)17-10-6-7-13-22(17)37(31,35)36/h6-8,10-13,21H,5,9,14-16H2,1-4H3,(H,29,33)/t21-/m0/s1. The number of fused-ring (bicyclic) bond motifs is 1. The van der Waals surface area contributed by atoms with Crippen molar-refractivity contribution < 1.29 is 22.8 Å². The molecule has 0 aromatic heterocycles. The van der Waals surface area contributed by atoms with Gasteiger partial charge in [-0.05, 0) is 57.9 Å². The van der Waals surface area contributed by atoms with Crippen LogP contribution in [-0.4, -0.2) is 53.5 Å². The average Bonchev–Trinajstić information content (AvgIpc) is 3.00. The number of benzene rings is 2. The fourth-order valence-electron chi connectivity index (χ4n) is 4.20. The van der Waals surface area contributed by atoms with Gasteiger partial charge in [-0.25, -0.2) is 12.7 Å². The Hall–Kier alpha value is -2.62. The lowest BCUT2D eigenvalue weighted by molar-refractivity contribution is -0.142. The van der Waals surface area contributed by atoms with Gasteiger partial charge in [-0.2, -0.15) is 0 Å². The summed E-state index contributed by atoms with van der Waals surface area (Å²) in [5, 5.41) is 3.64. The van der Waals surface area contributed by atoms with Crippen LogP contribution >= 0.6 is 23.2 Å². The van der Waals surface area contributed by atoms with Crippen LogP contribution in [0.1, 0.15) is 62.9 Å². The molecule has 8 nitrogen and oxygen atoms in total. The van der Waals surface area contributed by atoms with E-state index in [1.807, 2.05) is 20.8 Å². The third kappa shape index (κ3) is 6.45. The van der Waals surface area contributed by atoms with Gasteiger partial charge in [-0.1, -0.05) is 48.3 Å².